The highest BCUT2D eigenvalue weighted by molar-refractivity contribution is 5.48. The standard InChI is InChI=1S/C11H15NO5/c13-5-1-2-6-17-11-7-9(8-14)3-4-10(11)12(15)16/h3-4,7,13-14H,1-2,5-6,8H2. The van der Waals surface area contributed by atoms with Crippen molar-refractivity contribution < 1.29 is 19.9 Å². The molecule has 0 spiro atoms. The predicted molar refractivity (Wildman–Crippen MR) is 60.8 cm³/mol. The maximum absolute atomic E-state index is 10.7. The molecule has 0 fully saturated rings. The van der Waals surface area contributed by atoms with Crippen LogP contribution in [0.25, 0.3) is 0 Å². The largest absolute Gasteiger partial charge is 0.487 e. The van der Waals surface area contributed by atoms with Gasteiger partial charge in [-0.05, 0) is 30.5 Å². The van der Waals surface area contributed by atoms with E-state index in [4.69, 9.17) is 14.9 Å². The maximum Gasteiger partial charge on any atom is 0.310 e. The molecule has 1 aromatic rings. The van der Waals surface area contributed by atoms with Crippen molar-refractivity contribution in [2.45, 2.75) is 19.4 Å². The van der Waals surface area contributed by atoms with Crippen molar-refractivity contribution in [2.75, 3.05) is 13.2 Å². The molecular formula is C11H15NO5. The molecule has 0 aliphatic rings. The molecular weight excluding hydrogens is 226 g/mol. The fourth-order valence-electron chi connectivity index (χ4n) is 1.32. The number of nitro benzene ring substituents is 1. The summed E-state index contributed by atoms with van der Waals surface area (Å²) < 4.78 is 5.28. The van der Waals surface area contributed by atoms with Gasteiger partial charge in [-0.25, -0.2) is 0 Å². The fraction of sp³-hybridized carbons (Fsp3) is 0.455. The van der Waals surface area contributed by atoms with Gasteiger partial charge in [0, 0.05) is 12.7 Å². The van der Waals surface area contributed by atoms with Gasteiger partial charge in [-0.15, -0.1) is 0 Å². The second-order valence-corrected chi connectivity index (χ2v) is 3.50. The lowest BCUT2D eigenvalue weighted by Crippen LogP contribution is -2.02. The molecule has 0 unspecified atom stereocenters. The molecule has 0 atom stereocenters. The number of benzene rings is 1. The van der Waals surface area contributed by atoms with Gasteiger partial charge in [0.2, 0.25) is 0 Å². The van der Waals surface area contributed by atoms with Crippen molar-refractivity contribution in [1.29, 1.82) is 0 Å². The summed E-state index contributed by atoms with van der Waals surface area (Å²) in [5.74, 6) is 0.152. The summed E-state index contributed by atoms with van der Waals surface area (Å²) in [6, 6.07) is 4.25. The summed E-state index contributed by atoms with van der Waals surface area (Å²) in [7, 11) is 0. The lowest BCUT2D eigenvalue weighted by atomic mass is 10.2. The van der Waals surface area contributed by atoms with Gasteiger partial charge < -0.3 is 14.9 Å². The molecule has 0 bridgehead atoms. The summed E-state index contributed by atoms with van der Waals surface area (Å²) in [6.07, 6.45) is 1.21. The first kappa shape index (κ1) is 13.4. The molecule has 2 N–H and O–H groups in total. The minimum absolute atomic E-state index is 0.0716. The number of ether oxygens (including phenoxy) is 1. The summed E-state index contributed by atoms with van der Waals surface area (Å²) in [6.45, 7) is 0.184. The first-order valence-corrected chi connectivity index (χ1v) is 5.31. The molecule has 0 aliphatic heterocycles. The van der Waals surface area contributed by atoms with Gasteiger partial charge >= 0.3 is 5.69 Å². The molecule has 0 saturated heterocycles. The average molecular weight is 241 g/mol. The van der Waals surface area contributed by atoms with E-state index in [0.29, 0.717) is 25.0 Å². The predicted octanol–water partition coefficient (Wildman–Crippen LogP) is 1.24. The molecule has 17 heavy (non-hydrogen) atoms. The van der Waals surface area contributed by atoms with Crippen molar-refractivity contribution in [3.8, 4) is 5.75 Å². The monoisotopic (exact) mass is 241 g/mol. The second-order valence-electron chi connectivity index (χ2n) is 3.50. The Labute approximate surface area is 98.6 Å². The van der Waals surface area contributed by atoms with Gasteiger partial charge in [-0.3, -0.25) is 10.1 Å². The normalized spacial score (nSPS) is 10.2. The van der Waals surface area contributed by atoms with Crippen LogP contribution in [-0.4, -0.2) is 28.4 Å². The first-order chi connectivity index (χ1) is 8.19. The van der Waals surface area contributed by atoms with Gasteiger partial charge in [-0.2, -0.15) is 0 Å². The van der Waals surface area contributed by atoms with Crippen LogP contribution in [0.4, 0.5) is 5.69 Å². The van der Waals surface area contributed by atoms with E-state index in [-0.39, 0.29) is 24.7 Å². The molecule has 0 radical (unpaired) electrons. The van der Waals surface area contributed by atoms with E-state index >= 15 is 0 Å². The molecule has 1 rings (SSSR count). The summed E-state index contributed by atoms with van der Waals surface area (Å²) >= 11 is 0. The van der Waals surface area contributed by atoms with E-state index < -0.39 is 4.92 Å². The number of nitro groups is 1. The van der Waals surface area contributed by atoms with E-state index in [2.05, 4.69) is 0 Å². The van der Waals surface area contributed by atoms with Crippen LogP contribution in [0.15, 0.2) is 18.2 Å². The highest BCUT2D eigenvalue weighted by Crippen LogP contribution is 2.28. The number of hydrogen-bond acceptors (Lipinski definition) is 5. The Morgan fingerprint density at radius 1 is 1.29 bits per heavy atom. The molecule has 0 aromatic heterocycles. The summed E-state index contributed by atoms with van der Waals surface area (Å²) in [5.41, 5.74) is 0.443. The Hall–Kier alpha value is -1.66. The van der Waals surface area contributed by atoms with Gasteiger partial charge in [0.1, 0.15) is 0 Å². The maximum atomic E-state index is 10.7. The van der Waals surface area contributed by atoms with Gasteiger partial charge in [0.25, 0.3) is 0 Å². The molecule has 1 aromatic carbocycles. The Morgan fingerprint density at radius 3 is 2.65 bits per heavy atom. The number of aliphatic hydroxyl groups excluding tert-OH is 2. The topological polar surface area (TPSA) is 92.8 Å². The molecule has 6 heteroatoms. The van der Waals surface area contributed by atoms with Crippen molar-refractivity contribution in [3.05, 3.63) is 33.9 Å². The smallest absolute Gasteiger partial charge is 0.310 e. The zero-order valence-electron chi connectivity index (χ0n) is 9.33. The lowest BCUT2D eigenvalue weighted by Gasteiger charge is -2.07. The van der Waals surface area contributed by atoms with Crippen LogP contribution < -0.4 is 4.74 Å². The summed E-state index contributed by atoms with van der Waals surface area (Å²) in [4.78, 5) is 10.2. The number of nitrogens with zero attached hydrogens (tertiary/aromatic N) is 1. The third kappa shape index (κ3) is 4.01. The average Bonchev–Trinajstić information content (AvgIpc) is 2.34. The Bertz CT molecular complexity index is 380. The molecule has 6 nitrogen and oxygen atoms in total. The van der Waals surface area contributed by atoms with Crippen LogP contribution >= 0.6 is 0 Å². The number of rotatable bonds is 7. The third-order valence-corrected chi connectivity index (χ3v) is 2.21. The molecule has 0 saturated carbocycles. The van der Waals surface area contributed by atoms with E-state index in [0.717, 1.165) is 0 Å². The van der Waals surface area contributed by atoms with E-state index in [1.807, 2.05) is 0 Å². The van der Waals surface area contributed by atoms with Crippen molar-refractivity contribution in [3.63, 3.8) is 0 Å². The molecule has 0 amide bonds. The molecule has 94 valence electrons. The van der Waals surface area contributed by atoms with E-state index in [1.165, 1.54) is 18.2 Å². The number of aliphatic hydroxyl groups is 2. The van der Waals surface area contributed by atoms with Crippen molar-refractivity contribution in [2.24, 2.45) is 0 Å². The lowest BCUT2D eigenvalue weighted by molar-refractivity contribution is -0.385. The number of unbranched alkanes of at least 4 members (excludes halogenated alkanes) is 1. The second kappa shape index (κ2) is 6.82. The first-order valence-electron chi connectivity index (χ1n) is 5.31. The molecule has 0 heterocycles. The fourth-order valence-corrected chi connectivity index (χ4v) is 1.32. The Balaban J connectivity index is 2.75. The van der Waals surface area contributed by atoms with Crippen LogP contribution in [0.5, 0.6) is 5.75 Å². The van der Waals surface area contributed by atoms with Gasteiger partial charge in [0.05, 0.1) is 18.1 Å². The Morgan fingerprint density at radius 2 is 2.06 bits per heavy atom. The highest BCUT2D eigenvalue weighted by Gasteiger charge is 2.15. The SMILES string of the molecule is O=[N+]([O-])c1ccc(CO)cc1OCCCCO. The zero-order chi connectivity index (χ0) is 12.7. The minimum atomic E-state index is -0.525. The highest BCUT2D eigenvalue weighted by atomic mass is 16.6. The Kier molecular flexibility index (Phi) is 5.38. The van der Waals surface area contributed by atoms with E-state index in [9.17, 15) is 10.1 Å². The van der Waals surface area contributed by atoms with Crippen molar-refractivity contribution in [1.82, 2.24) is 0 Å². The van der Waals surface area contributed by atoms with Gasteiger partial charge in [0.15, 0.2) is 5.75 Å². The van der Waals surface area contributed by atoms with Crippen LogP contribution in [0.3, 0.4) is 0 Å². The quantitative estimate of drug-likeness (QED) is 0.425. The van der Waals surface area contributed by atoms with Crippen LogP contribution in [0, 0.1) is 10.1 Å². The number of hydrogen-bond donors (Lipinski definition) is 2. The van der Waals surface area contributed by atoms with Crippen LogP contribution in [-0.2, 0) is 6.61 Å². The zero-order valence-corrected chi connectivity index (χ0v) is 9.33. The summed E-state index contributed by atoms with van der Waals surface area (Å²) in [5, 5.41) is 28.3. The van der Waals surface area contributed by atoms with Gasteiger partial charge in [-0.1, -0.05) is 0 Å². The minimum Gasteiger partial charge on any atom is -0.487 e. The van der Waals surface area contributed by atoms with Crippen LogP contribution in [0.2, 0.25) is 0 Å². The molecule has 0 aliphatic carbocycles. The van der Waals surface area contributed by atoms with Crippen LogP contribution in [0.1, 0.15) is 18.4 Å². The van der Waals surface area contributed by atoms with E-state index in [1.54, 1.807) is 0 Å². The third-order valence-electron chi connectivity index (χ3n) is 2.21. The van der Waals surface area contributed by atoms with Crippen molar-refractivity contribution >= 4 is 5.69 Å².